The van der Waals surface area contributed by atoms with Crippen molar-refractivity contribution in [2.75, 3.05) is 19.6 Å². The van der Waals surface area contributed by atoms with Gasteiger partial charge in [-0.2, -0.15) is 26.9 Å². The molecule has 0 unspecified atom stereocenters. The molecule has 0 spiro atoms. The average molecular weight is 508 g/mol. The van der Waals surface area contributed by atoms with Crippen molar-refractivity contribution in [3.05, 3.63) is 70.8 Å². The van der Waals surface area contributed by atoms with Crippen LogP contribution in [0.4, 0.5) is 13.2 Å². The number of hydrogen-bond donors (Lipinski definition) is 1. The first kappa shape index (κ1) is 26.2. The Morgan fingerprint density at radius 1 is 1.17 bits per heavy atom. The molecule has 0 bridgehead atoms. The molecule has 0 radical (unpaired) electrons. The van der Waals surface area contributed by atoms with Gasteiger partial charge < -0.3 is 9.50 Å². The minimum atomic E-state index is -5.71. The van der Waals surface area contributed by atoms with Crippen molar-refractivity contribution in [1.82, 2.24) is 10.2 Å². The number of nitriles is 1. The van der Waals surface area contributed by atoms with Gasteiger partial charge in [0, 0.05) is 25.7 Å². The summed E-state index contributed by atoms with van der Waals surface area (Å²) in [7, 11) is -5.71. The van der Waals surface area contributed by atoms with E-state index in [0.29, 0.717) is 25.1 Å². The van der Waals surface area contributed by atoms with Crippen molar-refractivity contribution < 1.29 is 30.6 Å². The molecule has 11 heteroatoms. The molecule has 0 saturated carbocycles. The molecule has 186 valence electrons. The van der Waals surface area contributed by atoms with E-state index in [4.69, 9.17) is 5.26 Å². The fourth-order valence-corrected chi connectivity index (χ4v) is 4.07. The summed E-state index contributed by atoms with van der Waals surface area (Å²) in [6, 6.07) is 13.1. The molecule has 2 aromatic rings. The van der Waals surface area contributed by atoms with Gasteiger partial charge in [0.1, 0.15) is 5.75 Å². The van der Waals surface area contributed by atoms with Crippen molar-refractivity contribution in [1.29, 1.82) is 5.26 Å². The molecular weight excluding hydrogens is 483 g/mol. The molecular formula is C24H24F3N3O4S. The number of amides is 1. The van der Waals surface area contributed by atoms with Gasteiger partial charge in [0.2, 0.25) is 5.91 Å². The summed E-state index contributed by atoms with van der Waals surface area (Å²) >= 11 is 0. The zero-order valence-electron chi connectivity index (χ0n) is 18.7. The number of hydrogen-bond acceptors (Lipinski definition) is 6. The van der Waals surface area contributed by atoms with Crippen LogP contribution in [0.1, 0.15) is 35.1 Å². The number of carbonyl (C=O) groups excluding carboxylic acids is 1. The summed E-state index contributed by atoms with van der Waals surface area (Å²) in [4.78, 5) is 14.1. The Labute approximate surface area is 201 Å². The van der Waals surface area contributed by atoms with Crippen LogP contribution in [0.2, 0.25) is 0 Å². The second kappa shape index (κ2) is 11.4. The maximum Gasteiger partial charge on any atom is 0.534 e. The fraction of sp³-hybridized carbons (Fsp3) is 0.333. The first-order valence-electron chi connectivity index (χ1n) is 10.9. The predicted molar refractivity (Wildman–Crippen MR) is 123 cm³/mol. The van der Waals surface area contributed by atoms with Crippen LogP contribution < -0.4 is 9.50 Å². The molecule has 1 heterocycles. The normalized spacial score (nSPS) is 14.3. The predicted octanol–water partition coefficient (Wildman–Crippen LogP) is 3.75. The lowest BCUT2D eigenvalue weighted by molar-refractivity contribution is -0.116. The van der Waals surface area contributed by atoms with Crippen LogP contribution in [0.25, 0.3) is 6.08 Å². The Morgan fingerprint density at radius 2 is 1.97 bits per heavy atom. The molecule has 0 aromatic heterocycles. The Kier molecular flexibility index (Phi) is 8.53. The summed E-state index contributed by atoms with van der Waals surface area (Å²) in [5.41, 5.74) is -2.54. The number of carbonyl (C=O) groups is 1. The van der Waals surface area contributed by atoms with E-state index in [9.17, 15) is 26.4 Å². The summed E-state index contributed by atoms with van der Waals surface area (Å²) in [5, 5.41) is 11.7. The average Bonchev–Trinajstić information content (AvgIpc) is 2.81. The molecule has 0 aliphatic carbocycles. The van der Waals surface area contributed by atoms with E-state index in [1.807, 2.05) is 6.07 Å². The molecule has 35 heavy (non-hydrogen) atoms. The van der Waals surface area contributed by atoms with Crippen LogP contribution in [0.15, 0.2) is 48.5 Å². The third-order valence-corrected chi connectivity index (χ3v) is 6.38. The molecule has 1 aliphatic rings. The van der Waals surface area contributed by atoms with Crippen molar-refractivity contribution in [2.45, 2.75) is 31.3 Å². The molecule has 3 rings (SSSR count). The van der Waals surface area contributed by atoms with Crippen LogP contribution in [0.3, 0.4) is 0 Å². The summed E-state index contributed by atoms with van der Waals surface area (Å²) in [5.74, 6) is -0.598. The van der Waals surface area contributed by atoms with Gasteiger partial charge in [0.05, 0.1) is 11.6 Å². The van der Waals surface area contributed by atoms with Crippen LogP contribution in [0.5, 0.6) is 5.75 Å². The van der Waals surface area contributed by atoms with E-state index in [1.54, 1.807) is 36.4 Å². The van der Waals surface area contributed by atoms with Gasteiger partial charge in [-0.1, -0.05) is 18.2 Å². The highest BCUT2D eigenvalue weighted by atomic mass is 32.2. The lowest BCUT2D eigenvalue weighted by Crippen LogP contribution is -2.32. The molecule has 0 fully saturated rings. The fourth-order valence-electron chi connectivity index (χ4n) is 3.62. The highest BCUT2D eigenvalue weighted by Crippen LogP contribution is 2.29. The number of benzene rings is 2. The molecule has 0 saturated heterocycles. The minimum absolute atomic E-state index is 0.236. The number of alkyl halides is 3. The van der Waals surface area contributed by atoms with Gasteiger partial charge in [-0.05, 0) is 72.8 Å². The maximum atomic E-state index is 12.6. The number of nitrogens with one attached hydrogen (secondary N) is 1. The third kappa shape index (κ3) is 7.56. The highest BCUT2D eigenvalue weighted by Gasteiger charge is 2.48. The van der Waals surface area contributed by atoms with Gasteiger partial charge in [0.15, 0.2) is 0 Å². The second-order valence-corrected chi connectivity index (χ2v) is 9.55. The molecule has 7 nitrogen and oxygen atoms in total. The largest absolute Gasteiger partial charge is 0.534 e. The van der Waals surface area contributed by atoms with E-state index in [0.717, 1.165) is 42.6 Å². The van der Waals surface area contributed by atoms with E-state index >= 15 is 0 Å². The van der Waals surface area contributed by atoms with Gasteiger partial charge in [-0.3, -0.25) is 9.69 Å². The van der Waals surface area contributed by atoms with Gasteiger partial charge >= 0.3 is 15.6 Å². The first-order valence-corrected chi connectivity index (χ1v) is 12.3. The lowest BCUT2D eigenvalue weighted by Gasteiger charge is -2.29. The molecule has 2 aromatic carbocycles. The third-order valence-electron chi connectivity index (χ3n) is 5.40. The number of rotatable bonds is 9. The monoisotopic (exact) mass is 507 g/mol. The highest BCUT2D eigenvalue weighted by molar-refractivity contribution is 7.88. The molecule has 1 amide bonds. The topological polar surface area (TPSA) is 99.5 Å². The molecule has 0 atom stereocenters. The second-order valence-electron chi connectivity index (χ2n) is 8.01. The maximum absolute atomic E-state index is 12.6. The zero-order valence-corrected chi connectivity index (χ0v) is 19.5. The number of unbranched alkanes of at least 4 members (excludes halogenated alkanes) is 1. The number of halogens is 3. The lowest BCUT2D eigenvalue weighted by atomic mass is 9.99. The van der Waals surface area contributed by atoms with Crippen molar-refractivity contribution in [3.8, 4) is 11.8 Å². The van der Waals surface area contributed by atoms with Gasteiger partial charge in [-0.25, -0.2) is 0 Å². The summed E-state index contributed by atoms with van der Waals surface area (Å²) in [6.07, 6.45) is 5.27. The van der Waals surface area contributed by atoms with Crippen molar-refractivity contribution in [3.63, 3.8) is 0 Å². The van der Waals surface area contributed by atoms with Gasteiger partial charge in [-0.15, -0.1) is 0 Å². The van der Waals surface area contributed by atoms with Crippen LogP contribution >= 0.6 is 0 Å². The molecule has 1 N–H and O–H groups in total. The van der Waals surface area contributed by atoms with E-state index in [1.165, 1.54) is 18.2 Å². The first-order chi connectivity index (χ1) is 16.6. The van der Waals surface area contributed by atoms with E-state index in [2.05, 4.69) is 14.4 Å². The van der Waals surface area contributed by atoms with Gasteiger partial charge in [0.25, 0.3) is 0 Å². The van der Waals surface area contributed by atoms with Crippen LogP contribution in [0, 0.1) is 11.3 Å². The summed E-state index contributed by atoms with van der Waals surface area (Å²) in [6.45, 7) is 2.44. The number of fused-ring (bicyclic) bond motifs is 1. The smallest absolute Gasteiger partial charge is 0.376 e. The summed E-state index contributed by atoms with van der Waals surface area (Å²) < 4.78 is 64.4. The SMILES string of the molecule is N#Cc1cccc(C=CC(=O)NCCCCN2CCc3ccc(OS(=O)(=O)C(F)(F)F)cc3C2)c1. The zero-order chi connectivity index (χ0) is 25.5. The van der Waals surface area contributed by atoms with Crippen LogP contribution in [-0.4, -0.2) is 44.4 Å². The minimum Gasteiger partial charge on any atom is -0.376 e. The number of nitrogens with zero attached hydrogens (tertiary/aromatic N) is 2. The van der Waals surface area contributed by atoms with Crippen molar-refractivity contribution >= 4 is 22.1 Å². The van der Waals surface area contributed by atoms with Crippen LogP contribution in [-0.2, 0) is 27.9 Å². The Hall–Kier alpha value is -3.36. The Morgan fingerprint density at radius 3 is 2.71 bits per heavy atom. The Balaban J connectivity index is 1.42. The van der Waals surface area contributed by atoms with E-state index < -0.39 is 15.6 Å². The quantitative estimate of drug-likeness (QED) is 0.240. The standard InChI is InChI=1S/C24H24F3N3O4S/c25-24(26,27)35(32,33)34-22-8-7-20-10-13-30(17-21(20)15-22)12-2-1-11-29-23(31)9-6-18-4-3-5-19(14-18)16-28/h3-9,14-15H,1-2,10-13,17H2,(H,29,31). The Bertz CT molecular complexity index is 1240. The van der Waals surface area contributed by atoms with Crippen molar-refractivity contribution in [2.24, 2.45) is 0 Å². The van der Waals surface area contributed by atoms with E-state index in [-0.39, 0.29) is 11.7 Å². The molecule has 1 aliphatic heterocycles.